The van der Waals surface area contributed by atoms with Crippen LogP contribution in [0.2, 0.25) is 0 Å². The molecule has 0 aliphatic carbocycles. The van der Waals surface area contributed by atoms with Crippen LogP contribution in [0, 0.1) is 12.8 Å². The highest BCUT2D eigenvalue weighted by Gasteiger charge is 2.56. The number of aromatic nitrogens is 2. The first-order chi connectivity index (χ1) is 11.5. The summed E-state index contributed by atoms with van der Waals surface area (Å²) >= 11 is 3.36. The highest BCUT2D eigenvalue weighted by molar-refractivity contribution is 9.10. The summed E-state index contributed by atoms with van der Waals surface area (Å²) in [5.74, 6) is -1.47. The molecule has 1 saturated heterocycles. The second kappa shape index (κ2) is 5.27. The van der Waals surface area contributed by atoms with Crippen molar-refractivity contribution in [2.45, 2.75) is 13.0 Å². The van der Waals surface area contributed by atoms with Crippen molar-refractivity contribution >= 4 is 39.1 Å². The summed E-state index contributed by atoms with van der Waals surface area (Å²) in [7, 11) is 1.79. The number of hydrogen-bond acceptors (Lipinski definition) is 5. The molecule has 2 amide bonds. The van der Waals surface area contributed by atoms with Crippen molar-refractivity contribution in [2.24, 2.45) is 18.1 Å². The van der Waals surface area contributed by atoms with Gasteiger partial charge in [-0.25, -0.2) is 4.90 Å². The van der Waals surface area contributed by atoms with Gasteiger partial charge in [0.2, 0.25) is 12.0 Å². The number of oxime groups is 1. The molecule has 3 heterocycles. The molecule has 2 aromatic rings. The van der Waals surface area contributed by atoms with E-state index < -0.39 is 17.9 Å². The third-order valence-corrected chi connectivity index (χ3v) is 4.66. The van der Waals surface area contributed by atoms with Crippen LogP contribution in [0.4, 0.5) is 5.69 Å². The predicted octanol–water partition coefficient (Wildman–Crippen LogP) is 1.78. The molecule has 24 heavy (non-hydrogen) atoms. The van der Waals surface area contributed by atoms with Gasteiger partial charge in [-0.1, -0.05) is 27.2 Å². The SMILES string of the molecule is Cc1nn(C)cc1C1=NOC2C(=O)N(c3cccc(Br)c3)C(=O)C12. The number of hydrogen-bond donors (Lipinski definition) is 0. The van der Waals surface area contributed by atoms with E-state index in [1.807, 2.05) is 13.0 Å². The summed E-state index contributed by atoms with van der Waals surface area (Å²) in [6.45, 7) is 1.83. The Morgan fingerprint density at radius 1 is 1.25 bits per heavy atom. The molecule has 2 unspecified atom stereocenters. The number of halogens is 1. The van der Waals surface area contributed by atoms with E-state index in [1.165, 1.54) is 4.90 Å². The van der Waals surface area contributed by atoms with Gasteiger partial charge in [0.25, 0.3) is 5.91 Å². The van der Waals surface area contributed by atoms with Crippen molar-refractivity contribution in [1.29, 1.82) is 0 Å². The molecule has 0 radical (unpaired) electrons. The second-order valence-corrected chi connectivity index (χ2v) is 6.69. The lowest BCUT2D eigenvalue weighted by atomic mass is 9.94. The van der Waals surface area contributed by atoms with Gasteiger partial charge in [0.05, 0.1) is 11.4 Å². The van der Waals surface area contributed by atoms with Crippen LogP contribution in [0.1, 0.15) is 11.3 Å². The lowest BCUT2D eigenvalue weighted by Gasteiger charge is -2.15. The summed E-state index contributed by atoms with van der Waals surface area (Å²) < 4.78 is 2.43. The molecule has 0 saturated carbocycles. The molecule has 0 spiro atoms. The summed E-state index contributed by atoms with van der Waals surface area (Å²) in [6, 6.07) is 7.05. The lowest BCUT2D eigenvalue weighted by Crippen LogP contribution is -2.33. The molecular weight excluding hydrogens is 376 g/mol. The van der Waals surface area contributed by atoms with Gasteiger partial charge in [0.1, 0.15) is 11.6 Å². The van der Waals surface area contributed by atoms with E-state index in [-0.39, 0.29) is 5.91 Å². The molecule has 2 aliphatic heterocycles. The van der Waals surface area contributed by atoms with Crippen molar-refractivity contribution < 1.29 is 14.4 Å². The maximum absolute atomic E-state index is 12.9. The summed E-state index contributed by atoms with van der Waals surface area (Å²) in [6.07, 6.45) is 0.866. The molecule has 1 aromatic heterocycles. The predicted molar refractivity (Wildman–Crippen MR) is 89.5 cm³/mol. The number of fused-ring (bicyclic) bond motifs is 1. The largest absolute Gasteiger partial charge is 0.381 e. The summed E-state index contributed by atoms with van der Waals surface area (Å²) in [5, 5.41) is 8.26. The Kier molecular flexibility index (Phi) is 3.31. The Balaban J connectivity index is 1.74. The number of rotatable bonds is 2. The molecule has 4 rings (SSSR count). The fourth-order valence-electron chi connectivity index (χ4n) is 3.12. The van der Waals surface area contributed by atoms with Crippen molar-refractivity contribution in [3.8, 4) is 0 Å². The van der Waals surface area contributed by atoms with E-state index in [1.54, 1.807) is 36.1 Å². The Labute approximate surface area is 146 Å². The van der Waals surface area contributed by atoms with Gasteiger partial charge in [0, 0.05) is 23.3 Å². The Hall–Kier alpha value is -2.48. The maximum Gasteiger partial charge on any atom is 0.278 e. The first-order valence-corrected chi connectivity index (χ1v) is 8.14. The number of carbonyl (C=O) groups is 2. The van der Waals surface area contributed by atoms with Crippen LogP contribution in [0.25, 0.3) is 0 Å². The van der Waals surface area contributed by atoms with E-state index >= 15 is 0 Å². The monoisotopic (exact) mass is 388 g/mol. The molecule has 1 fully saturated rings. The zero-order chi connectivity index (χ0) is 17.0. The molecule has 0 N–H and O–H groups in total. The quantitative estimate of drug-likeness (QED) is 0.734. The van der Waals surface area contributed by atoms with Gasteiger partial charge in [-0.2, -0.15) is 5.10 Å². The van der Waals surface area contributed by atoms with E-state index in [0.717, 1.165) is 15.7 Å². The second-order valence-electron chi connectivity index (χ2n) is 5.77. The smallest absolute Gasteiger partial charge is 0.278 e. The number of amides is 2. The van der Waals surface area contributed by atoms with Crippen molar-refractivity contribution in [2.75, 3.05) is 4.90 Å². The van der Waals surface area contributed by atoms with E-state index in [2.05, 4.69) is 26.2 Å². The van der Waals surface area contributed by atoms with Crippen molar-refractivity contribution in [3.63, 3.8) is 0 Å². The van der Waals surface area contributed by atoms with E-state index in [0.29, 0.717) is 11.4 Å². The molecule has 122 valence electrons. The van der Waals surface area contributed by atoms with Gasteiger partial charge in [-0.15, -0.1) is 0 Å². The maximum atomic E-state index is 12.9. The Morgan fingerprint density at radius 3 is 2.71 bits per heavy atom. The normalized spacial score (nSPS) is 22.6. The van der Waals surface area contributed by atoms with Gasteiger partial charge in [-0.3, -0.25) is 14.3 Å². The summed E-state index contributed by atoms with van der Waals surface area (Å²) in [4.78, 5) is 32.0. The topological polar surface area (TPSA) is 76.8 Å². The van der Waals surface area contributed by atoms with Crippen LogP contribution in [0.3, 0.4) is 0 Å². The van der Waals surface area contributed by atoms with E-state index in [4.69, 9.17) is 4.84 Å². The van der Waals surface area contributed by atoms with Crippen molar-refractivity contribution in [1.82, 2.24) is 9.78 Å². The van der Waals surface area contributed by atoms with Gasteiger partial charge < -0.3 is 4.84 Å². The van der Waals surface area contributed by atoms with Crippen LogP contribution in [-0.4, -0.2) is 33.4 Å². The van der Waals surface area contributed by atoms with E-state index in [9.17, 15) is 9.59 Å². The van der Waals surface area contributed by atoms with Crippen LogP contribution < -0.4 is 4.90 Å². The highest BCUT2D eigenvalue weighted by atomic mass is 79.9. The van der Waals surface area contributed by atoms with Crippen LogP contribution >= 0.6 is 15.9 Å². The molecule has 1 aromatic carbocycles. The fraction of sp³-hybridized carbons (Fsp3) is 0.250. The third-order valence-electron chi connectivity index (χ3n) is 4.17. The molecule has 8 heteroatoms. The minimum atomic E-state index is -0.911. The zero-order valence-corrected chi connectivity index (χ0v) is 14.5. The first kappa shape index (κ1) is 15.1. The Morgan fingerprint density at radius 2 is 2.04 bits per heavy atom. The number of anilines is 1. The first-order valence-electron chi connectivity index (χ1n) is 7.35. The van der Waals surface area contributed by atoms with Crippen LogP contribution in [0.15, 0.2) is 40.1 Å². The number of benzene rings is 1. The number of carbonyl (C=O) groups excluding carboxylic acids is 2. The number of aryl methyl sites for hydroxylation is 2. The molecular formula is C16H13BrN4O3. The standard InChI is InChI=1S/C16H13BrN4O3/c1-8-11(7-20(2)18-8)13-12-14(24-19-13)16(23)21(15(12)22)10-5-3-4-9(17)6-10/h3-7,12,14H,1-2H3. The van der Waals surface area contributed by atoms with Gasteiger partial charge in [0.15, 0.2) is 0 Å². The molecule has 2 aliphatic rings. The van der Waals surface area contributed by atoms with Crippen LogP contribution in [0.5, 0.6) is 0 Å². The van der Waals surface area contributed by atoms with Gasteiger partial charge >= 0.3 is 0 Å². The molecule has 7 nitrogen and oxygen atoms in total. The summed E-state index contributed by atoms with van der Waals surface area (Å²) in [5.41, 5.74) is 2.44. The third kappa shape index (κ3) is 2.10. The average Bonchev–Trinajstić information content (AvgIpc) is 3.16. The Bertz CT molecular complexity index is 904. The molecule has 0 bridgehead atoms. The minimum absolute atomic E-state index is 0.331. The van der Waals surface area contributed by atoms with Crippen LogP contribution in [-0.2, 0) is 21.5 Å². The highest BCUT2D eigenvalue weighted by Crippen LogP contribution is 2.36. The fourth-order valence-corrected chi connectivity index (χ4v) is 3.51. The number of imide groups is 1. The lowest BCUT2D eigenvalue weighted by molar-refractivity contribution is -0.126. The molecule has 2 atom stereocenters. The minimum Gasteiger partial charge on any atom is -0.381 e. The van der Waals surface area contributed by atoms with Crippen molar-refractivity contribution in [3.05, 3.63) is 46.2 Å². The zero-order valence-electron chi connectivity index (χ0n) is 12.9. The van der Waals surface area contributed by atoms with Gasteiger partial charge in [-0.05, 0) is 25.1 Å². The number of nitrogens with zero attached hydrogens (tertiary/aromatic N) is 4. The average molecular weight is 389 g/mol.